The van der Waals surface area contributed by atoms with Gasteiger partial charge in [0.15, 0.2) is 17.7 Å². The third kappa shape index (κ3) is 3.14. The zero-order valence-corrected chi connectivity index (χ0v) is 19.9. The van der Waals surface area contributed by atoms with Gasteiger partial charge in [0.2, 0.25) is 5.78 Å². The van der Waals surface area contributed by atoms with Crippen molar-refractivity contribution >= 4 is 23.8 Å². The van der Waals surface area contributed by atoms with Crippen molar-refractivity contribution in [3.63, 3.8) is 0 Å². The molecule has 0 saturated carbocycles. The van der Waals surface area contributed by atoms with Gasteiger partial charge in [-0.3, -0.25) is 24.1 Å². The summed E-state index contributed by atoms with van der Waals surface area (Å²) in [7, 11) is 3.11. The molecular weight excluding hydrogens is 484 g/mol. The molecule has 4 atom stereocenters. The first kappa shape index (κ1) is 24.5. The summed E-state index contributed by atoms with van der Waals surface area (Å²) in [6, 6.07) is 3.15. The number of phenolic OH excluding ortho intramolecular Hbond substituents is 1. The lowest BCUT2D eigenvalue weighted by Gasteiger charge is -2.50. The first-order valence-electron chi connectivity index (χ1n) is 11.5. The molecule has 192 valence electrons. The van der Waals surface area contributed by atoms with Crippen LogP contribution in [-0.2, 0) is 16.0 Å². The minimum atomic E-state index is -2.70. The lowest BCUT2D eigenvalue weighted by Crippen LogP contribution is -2.63. The zero-order valence-electron chi connectivity index (χ0n) is 19.9. The second kappa shape index (κ2) is 8.15. The fourth-order valence-electron chi connectivity index (χ4n) is 6.09. The van der Waals surface area contributed by atoms with Gasteiger partial charge >= 0.3 is 0 Å². The molecule has 6 N–H and O–H groups in total. The molecule has 1 amide bonds. The molecule has 0 radical (unpaired) electrons. The van der Waals surface area contributed by atoms with Crippen molar-refractivity contribution in [2.75, 3.05) is 14.1 Å². The molecule has 5 rings (SSSR count). The standard InChI is InChI=1S/C26H24N2O9/c1-28(2)19-14-8-11-7-13-12(22-10(9-29)5-6-37-22)3-4-15(30)17(13)20(31)16(11)23(33)26(14,36)24(34)18(21(19)32)25(27)35/h3-6,9,11,14,19,30,32-33,36H,7-8H2,1-2H3,(H2,27,35)/t11-,14-,19-,26-/m0/s1. The molecule has 11 heteroatoms. The molecule has 2 aromatic rings. The van der Waals surface area contributed by atoms with E-state index in [0.29, 0.717) is 17.4 Å². The monoisotopic (exact) mass is 508 g/mol. The first-order valence-corrected chi connectivity index (χ1v) is 11.5. The number of allylic oxidation sites excluding steroid dienone is 1. The number of amides is 1. The van der Waals surface area contributed by atoms with E-state index in [9.17, 15) is 39.6 Å². The molecular formula is C26H24N2O9. The van der Waals surface area contributed by atoms with Crippen LogP contribution >= 0.6 is 0 Å². The smallest absolute Gasteiger partial charge is 0.255 e. The number of likely N-dealkylation sites (N-methyl/N-ethyl adjacent to an activating group) is 1. The van der Waals surface area contributed by atoms with Crippen molar-refractivity contribution < 1.29 is 44.0 Å². The third-order valence-electron chi connectivity index (χ3n) is 7.67. The Bertz CT molecular complexity index is 1460. The molecule has 11 nitrogen and oxygen atoms in total. The Hall–Kier alpha value is -4.22. The van der Waals surface area contributed by atoms with Gasteiger partial charge in [0.1, 0.15) is 28.6 Å². The fourth-order valence-corrected chi connectivity index (χ4v) is 6.09. The number of aromatic hydroxyl groups is 1. The number of carbonyl (C=O) groups is 4. The van der Waals surface area contributed by atoms with E-state index in [1.54, 1.807) is 14.1 Å². The van der Waals surface area contributed by atoms with Crippen LogP contribution in [0.2, 0.25) is 0 Å². The van der Waals surface area contributed by atoms with Crippen molar-refractivity contribution in [3.8, 4) is 17.1 Å². The Balaban J connectivity index is 1.74. The van der Waals surface area contributed by atoms with Gasteiger partial charge in [-0.15, -0.1) is 0 Å². The van der Waals surface area contributed by atoms with Crippen LogP contribution in [0.5, 0.6) is 5.75 Å². The summed E-state index contributed by atoms with van der Waals surface area (Å²) in [5, 5.41) is 44.3. The summed E-state index contributed by atoms with van der Waals surface area (Å²) in [5.74, 6) is -7.04. The van der Waals surface area contributed by atoms with Crippen LogP contribution in [-0.4, -0.2) is 74.8 Å². The van der Waals surface area contributed by atoms with Crippen LogP contribution in [0.3, 0.4) is 0 Å². The molecule has 0 spiro atoms. The molecule has 37 heavy (non-hydrogen) atoms. The molecule has 1 aromatic carbocycles. The van der Waals surface area contributed by atoms with Gasteiger partial charge in [0.25, 0.3) is 5.91 Å². The Morgan fingerprint density at radius 3 is 2.51 bits per heavy atom. The highest BCUT2D eigenvalue weighted by molar-refractivity contribution is 6.24. The van der Waals surface area contributed by atoms with Crippen LogP contribution in [0.4, 0.5) is 0 Å². The zero-order chi connectivity index (χ0) is 27.0. The normalized spacial score (nSPS) is 27.2. The summed E-state index contributed by atoms with van der Waals surface area (Å²) >= 11 is 0. The van der Waals surface area contributed by atoms with E-state index in [4.69, 9.17) is 10.2 Å². The molecule has 0 fully saturated rings. The van der Waals surface area contributed by atoms with E-state index in [1.165, 1.54) is 29.4 Å². The summed E-state index contributed by atoms with van der Waals surface area (Å²) in [6.45, 7) is 0. The molecule has 1 heterocycles. The molecule has 3 aliphatic rings. The van der Waals surface area contributed by atoms with E-state index < -0.39 is 63.8 Å². The molecule has 0 bridgehead atoms. The van der Waals surface area contributed by atoms with E-state index >= 15 is 0 Å². The van der Waals surface area contributed by atoms with E-state index in [0.717, 1.165) is 0 Å². The maximum atomic E-state index is 13.7. The van der Waals surface area contributed by atoms with Gasteiger partial charge in [-0.25, -0.2) is 0 Å². The van der Waals surface area contributed by atoms with Gasteiger partial charge < -0.3 is 30.6 Å². The number of nitrogens with two attached hydrogens (primary N) is 1. The average molecular weight is 508 g/mol. The van der Waals surface area contributed by atoms with E-state index in [1.807, 2.05) is 0 Å². The summed E-state index contributed by atoms with van der Waals surface area (Å²) in [5.41, 5.74) is 2.34. The number of hydrogen-bond acceptors (Lipinski definition) is 10. The number of hydrogen-bond donors (Lipinski definition) is 5. The number of benzene rings is 1. The molecule has 0 aliphatic heterocycles. The minimum Gasteiger partial charge on any atom is -0.510 e. The topological polar surface area (TPSA) is 192 Å². The number of nitrogens with zero attached hydrogens (tertiary/aromatic N) is 1. The quantitative estimate of drug-likeness (QED) is 0.296. The average Bonchev–Trinajstić information content (AvgIpc) is 3.29. The number of rotatable bonds is 4. The number of primary amides is 1. The molecule has 1 aromatic heterocycles. The highest BCUT2D eigenvalue weighted by Gasteiger charge is 2.63. The maximum Gasteiger partial charge on any atom is 0.255 e. The SMILES string of the molecule is CN(C)[C@@H]1C(O)=C(C(N)=O)C(=O)[C@@]2(O)C(O)=C3C(=O)c4c(O)ccc(-c5occc5C=O)c4C[C@H]3C[C@@H]12. The van der Waals surface area contributed by atoms with Gasteiger partial charge in [-0.05, 0) is 56.6 Å². The number of fused-ring (bicyclic) bond motifs is 3. The lowest BCUT2D eigenvalue weighted by atomic mass is 9.58. The predicted octanol–water partition coefficient (Wildman–Crippen LogP) is 1.19. The first-order chi connectivity index (χ1) is 17.4. The van der Waals surface area contributed by atoms with Crippen LogP contribution in [0.15, 0.2) is 51.5 Å². The Morgan fingerprint density at radius 1 is 1.19 bits per heavy atom. The molecule has 0 saturated heterocycles. The number of furan rings is 1. The highest BCUT2D eigenvalue weighted by Crippen LogP contribution is 2.53. The maximum absolute atomic E-state index is 13.7. The van der Waals surface area contributed by atoms with Gasteiger partial charge in [-0.1, -0.05) is 0 Å². The number of aliphatic hydroxyl groups is 3. The third-order valence-corrected chi connectivity index (χ3v) is 7.67. The van der Waals surface area contributed by atoms with Crippen molar-refractivity contribution in [3.05, 3.63) is 63.8 Å². The van der Waals surface area contributed by atoms with Crippen molar-refractivity contribution in [1.29, 1.82) is 0 Å². The Kier molecular flexibility index (Phi) is 5.39. The molecule has 3 aliphatic carbocycles. The second-order valence-corrected chi connectivity index (χ2v) is 9.77. The second-order valence-electron chi connectivity index (χ2n) is 9.77. The van der Waals surface area contributed by atoms with Crippen molar-refractivity contribution in [1.82, 2.24) is 4.90 Å². The predicted molar refractivity (Wildman–Crippen MR) is 127 cm³/mol. The lowest BCUT2D eigenvalue weighted by molar-refractivity contribution is -0.148. The summed E-state index contributed by atoms with van der Waals surface area (Å²) in [4.78, 5) is 52.1. The Labute approximate surface area is 210 Å². The van der Waals surface area contributed by atoms with Gasteiger partial charge in [-0.2, -0.15) is 0 Å². The van der Waals surface area contributed by atoms with Crippen LogP contribution in [0.25, 0.3) is 11.3 Å². The summed E-state index contributed by atoms with van der Waals surface area (Å²) in [6.07, 6.45) is 1.96. The number of aliphatic hydroxyl groups excluding tert-OH is 2. The van der Waals surface area contributed by atoms with Gasteiger partial charge in [0, 0.05) is 17.1 Å². The largest absolute Gasteiger partial charge is 0.510 e. The van der Waals surface area contributed by atoms with Gasteiger partial charge in [0.05, 0.1) is 23.4 Å². The van der Waals surface area contributed by atoms with Crippen molar-refractivity contribution in [2.45, 2.75) is 24.5 Å². The fraction of sp³-hybridized carbons (Fsp3) is 0.308. The van der Waals surface area contributed by atoms with Crippen LogP contribution in [0.1, 0.15) is 32.7 Å². The van der Waals surface area contributed by atoms with Crippen LogP contribution < -0.4 is 5.73 Å². The highest BCUT2D eigenvalue weighted by atomic mass is 16.3. The minimum absolute atomic E-state index is 0.0421. The number of carbonyl (C=O) groups excluding carboxylic acids is 4. The molecule has 0 unspecified atom stereocenters. The number of phenols is 1. The Morgan fingerprint density at radius 2 is 1.89 bits per heavy atom. The van der Waals surface area contributed by atoms with E-state index in [-0.39, 0.29) is 35.3 Å². The summed E-state index contributed by atoms with van der Waals surface area (Å²) < 4.78 is 5.49. The van der Waals surface area contributed by atoms with Crippen molar-refractivity contribution in [2.24, 2.45) is 17.6 Å². The van der Waals surface area contributed by atoms with E-state index in [2.05, 4.69) is 0 Å². The van der Waals surface area contributed by atoms with Crippen LogP contribution in [0, 0.1) is 11.8 Å². The number of ketones is 2. The number of Topliss-reactive ketones (excluding diaryl/α,β-unsaturated/α-hetero) is 2. The number of aldehydes is 1.